The maximum absolute atomic E-state index is 13.1. The van der Waals surface area contributed by atoms with Crippen molar-refractivity contribution in [3.05, 3.63) is 66.5 Å². The molecule has 0 saturated carbocycles. The Morgan fingerprint density at radius 1 is 1.00 bits per heavy atom. The van der Waals surface area contributed by atoms with Crippen LogP contribution in [0.15, 0.2) is 60.9 Å². The number of piperazine rings is 1. The number of phenols is 1. The van der Waals surface area contributed by atoms with Crippen molar-refractivity contribution in [1.82, 2.24) is 19.8 Å². The summed E-state index contributed by atoms with van der Waals surface area (Å²) in [7, 11) is 0. The second-order valence-electron chi connectivity index (χ2n) is 10.3. The van der Waals surface area contributed by atoms with Crippen LogP contribution in [0.4, 0.5) is 11.4 Å². The molecule has 5 rings (SSSR count). The summed E-state index contributed by atoms with van der Waals surface area (Å²) in [5.41, 5.74) is 2.32. The van der Waals surface area contributed by atoms with Crippen LogP contribution in [0.3, 0.4) is 0 Å². The van der Waals surface area contributed by atoms with Crippen molar-refractivity contribution in [3.63, 3.8) is 0 Å². The van der Waals surface area contributed by atoms with E-state index in [0.717, 1.165) is 24.3 Å². The first-order chi connectivity index (χ1) is 18.9. The van der Waals surface area contributed by atoms with Gasteiger partial charge in [-0.25, -0.2) is 9.97 Å². The van der Waals surface area contributed by atoms with Crippen LogP contribution in [0.2, 0.25) is 0 Å². The largest absolute Gasteiger partial charge is 0.508 e. The Morgan fingerprint density at radius 2 is 1.72 bits per heavy atom. The summed E-state index contributed by atoms with van der Waals surface area (Å²) in [6.07, 6.45) is 3.93. The number of nitrogens with zero attached hydrogens (tertiary/aromatic N) is 5. The minimum atomic E-state index is -0.971. The highest BCUT2D eigenvalue weighted by molar-refractivity contribution is 5.96. The lowest BCUT2D eigenvalue weighted by Crippen LogP contribution is -2.51. The van der Waals surface area contributed by atoms with E-state index in [1.54, 1.807) is 37.5 Å². The molecule has 3 N–H and O–H groups in total. The van der Waals surface area contributed by atoms with Crippen molar-refractivity contribution < 1.29 is 19.8 Å². The fourth-order valence-corrected chi connectivity index (χ4v) is 5.25. The molecule has 1 aromatic heterocycles. The molecule has 0 aliphatic carbocycles. The number of likely N-dealkylation sites (tertiary alicyclic amines) is 1. The van der Waals surface area contributed by atoms with Gasteiger partial charge in [0.15, 0.2) is 5.82 Å². The van der Waals surface area contributed by atoms with Crippen LogP contribution in [0, 0.1) is 12.3 Å². The summed E-state index contributed by atoms with van der Waals surface area (Å²) in [6.45, 7) is 5.29. The third-order valence-electron chi connectivity index (χ3n) is 7.72. The number of amides is 2. The van der Waals surface area contributed by atoms with Gasteiger partial charge in [0.05, 0.1) is 18.6 Å². The minimum absolute atomic E-state index is 0.0366. The van der Waals surface area contributed by atoms with Crippen LogP contribution < -0.4 is 10.2 Å². The van der Waals surface area contributed by atoms with E-state index in [4.69, 9.17) is 0 Å². The molecule has 1 atom stereocenters. The lowest BCUT2D eigenvalue weighted by Gasteiger charge is -2.37. The number of rotatable bonds is 7. The number of aromatic hydroxyl groups is 1. The fourth-order valence-electron chi connectivity index (χ4n) is 5.25. The molecule has 2 aliphatic heterocycles. The molecule has 0 radical (unpaired) electrons. The van der Waals surface area contributed by atoms with Crippen LogP contribution >= 0.6 is 0 Å². The summed E-state index contributed by atoms with van der Waals surface area (Å²) in [5.74, 6) is 0.616. The van der Waals surface area contributed by atoms with E-state index >= 15 is 0 Å². The van der Waals surface area contributed by atoms with E-state index in [2.05, 4.69) is 32.3 Å². The summed E-state index contributed by atoms with van der Waals surface area (Å²) in [6, 6.07) is 14.8. The van der Waals surface area contributed by atoms with Crippen LogP contribution in [-0.2, 0) is 9.59 Å². The molecule has 10 nitrogen and oxygen atoms in total. The van der Waals surface area contributed by atoms with Gasteiger partial charge in [0, 0.05) is 62.1 Å². The second kappa shape index (κ2) is 11.4. The van der Waals surface area contributed by atoms with Crippen LogP contribution in [0.5, 0.6) is 5.75 Å². The molecule has 204 valence electrons. The van der Waals surface area contributed by atoms with Gasteiger partial charge in [-0.05, 0) is 74.0 Å². The first-order valence-electron chi connectivity index (χ1n) is 13.2. The maximum Gasteiger partial charge on any atom is 0.236 e. The number of hydrogen-bond donors (Lipinski definition) is 3. The van der Waals surface area contributed by atoms with Crippen molar-refractivity contribution in [2.24, 2.45) is 5.41 Å². The van der Waals surface area contributed by atoms with Gasteiger partial charge in [0.1, 0.15) is 5.75 Å². The first kappa shape index (κ1) is 26.6. The zero-order valence-electron chi connectivity index (χ0n) is 22.1. The zero-order chi connectivity index (χ0) is 27.4. The van der Waals surface area contributed by atoms with Crippen molar-refractivity contribution in [3.8, 4) is 17.1 Å². The molecule has 2 amide bonds. The molecule has 3 aromatic rings. The van der Waals surface area contributed by atoms with Gasteiger partial charge in [-0.1, -0.05) is 0 Å². The number of nitrogens with one attached hydrogen (secondary N) is 1. The number of benzene rings is 2. The molecule has 0 spiro atoms. The Kier molecular flexibility index (Phi) is 7.76. The lowest BCUT2D eigenvalue weighted by molar-refractivity contribution is -0.133. The Bertz CT molecular complexity index is 1310. The molecule has 2 aromatic carbocycles. The number of carbonyl (C=O) groups is 2. The van der Waals surface area contributed by atoms with Gasteiger partial charge >= 0.3 is 0 Å². The third kappa shape index (κ3) is 5.86. The van der Waals surface area contributed by atoms with Gasteiger partial charge in [0.2, 0.25) is 11.8 Å². The predicted molar refractivity (Wildman–Crippen MR) is 148 cm³/mol. The van der Waals surface area contributed by atoms with Gasteiger partial charge in [-0.3, -0.25) is 14.5 Å². The Morgan fingerprint density at radius 3 is 2.38 bits per heavy atom. The van der Waals surface area contributed by atoms with Crippen LogP contribution in [0.25, 0.3) is 11.4 Å². The van der Waals surface area contributed by atoms with Crippen LogP contribution in [0.1, 0.15) is 12.0 Å². The standard InChI is InChI=1S/C29H34N6O4/c1-21-17-23(5-8-25(21)37)32-28(39)29(20-36)9-12-33(19-29)18-26(38)35-15-13-34(14-16-35)24-6-3-22(4-7-24)27-30-10-2-11-31-27/h2-8,10-11,17,36-37H,9,12-16,18-20H2,1H3,(H,32,39). The van der Waals surface area contributed by atoms with Crippen molar-refractivity contribution in [2.45, 2.75) is 13.3 Å². The highest BCUT2D eigenvalue weighted by Gasteiger charge is 2.45. The summed E-state index contributed by atoms with van der Waals surface area (Å²) in [5, 5.41) is 22.7. The highest BCUT2D eigenvalue weighted by atomic mass is 16.3. The first-order valence-corrected chi connectivity index (χ1v) is 13.2. The van der Waals surface area contributed by atoms with Gasteiger partial charge < -0.3 is 25.3 Å². The zero-order valence-corrected chi connectivity index (χ0v) is 22.1. The van der Waals surface area contributed by atoms with E-state index in [9.17, 15) is 19.8 Å². The Balaban J connectivity index is 1.12. The number of aliphatic hydroxyl groups is 1. The number of aliphatic hydroxyl groups excluding tert-OH is 1. The number of aryl methyl sites for hydroxylation is 1. The molecular weight excluding hydrogens is 496 g/mol. The van der Waals surface area contributed by atoms with Crippen molar-refractivity contribution in [2.75, 3.05) is 62.6 Å². The normalized spacial score (nSPS) is 19.7. The molecule has 0 bridgehead atoms. The highest BCUT2D eigenvalue weighted by Crippen LogP contribution is 2.32. The summed E-state index contributed by atoms with van der Waals surface area (Å²) >= 11 is 0. The molecule has 39 heavy (non-hydrogen) atoms. The Labute approximate surface area is 227 Å². The SMILES string of the molecule is Cc1cc(NC(=O)C2(CO)CCN(CC(=O)N3CCN(c4ccc(-c5ncccn5)cc4)CC3)C2)ccc1O. The maximum atomic E-state index is 13.1. The van der Waals surface area contributed by atoms with Crippen molar-refractivity contribution in [1.29, 1.82) is 0 Å². The molecule has 3 heterocycles. The van der Waals surface area contributed by atoms with E-state index in [1.807, 2.05) is 21.9 Å². The van der Waals surface area contributed by atoms with E-state index in [0.29, 0.717) is 49.7 Å². The average molecular weight is 531 g/mol. The van der Waals surface area contributed by atoms with E-state index in [1.165, 1.54) is 6.07 Å². The average Bonchev–Trinajstić information content (AvgIpc) is 3.40. The molecule has 2 aliphatic rings. The van der Waals surface area contributed by atoms with E-state index in [-0.39, 0.29) is 30.7 Å². The predicted octanol–water partition coefficient (Wildman–Crippen LogP) is 2.13. The number of anilines is 2. The van der Waals surface area contributed by atoms with Gasteiger partial charge in [-0.2, -0.15) is 0 Å². The summed E-state index contributed by atoms with van der Waals surface area (Å²) in [4.78, 5) is 40.9. The van der Waals surface area contributed by atoms with Crippen LogP contribution in [-0.4, -0.2) is 94.2 Å². The topological polar surface area (TPSA) is 122 Å². The lowest BCUT2D eigenvalue weighted by atomic mass is 9.87. The summed E-state index contributed by atoms with van der Waals surface area (Å²) < 4.78 is 0. The second-order valence-corrected chi connectivity index (χ2v) is 10.3. The fraction of sp³-hybridized carbons (Fsp3) is 0.379. The molecule has 1 unspecified atom stereocenters. The number of hydrogen-bond acceptors (Lipinski definition) is 8. The molecule has 10 heteroatoms. The molecule has 2 fully saturated rings. The Hall–Kier alpha value is -4.02. The van der Waals surface area contributed by atoms with Crippen molar-refractivity contribution >= 4 is 23.2 Å². The quantitative estimate of drug-likeness (QED) is 0.397. The van der Waals surface area contributed by atoms with Gasteiger partial charge in [0.25, 0.3) is 0 Å². The smallest absolute Gasteiger partial charge is 0.236 e. The monoisotopic (exact) mass is 530 g/mol. The third-order valence-corrected chi connectivity index (χ3v) is 7.72. The van der Waals surface area contributed by atoms with E-state index < -0.39 is 5.41 Å². The number of phenolic OH excluding ortho intramolecular Hbond substituents is 1. The number of carbonyl (C=O) groups excluding carboxylic acids is 2. The number of aromatic nitrogens is 2. The molecular formula is C29H34N6O4. The minimum Gasteiger partial charge on any atom is -0.508 e. The molecule has 2 saturated heterocycles. The van der Waals surface area contributed by atoms with Gasteiger partial charge in [-0.15, -0.1) is 0 Å².